The zero-order chi connectivity index (χ0) is 9.97. The van der Waals surface area contributed by atoms with Crippen LogP contribution in [0.2, 0.25) is 4.34 Å². The number of hydrogen-bond acceptors (Lipinski definition) is 3. The number of nitrogens with zero attached hydrogens (tertiary/aromatic N) is 1. The highest BCUT2D eigenvalue weighted by atomic mass is 35.5. The average Bonchev–Trinajstić information content (AvgIpc) is 2.56. The Morgan fingerprint density at radius 2 is 2.47 bits per heavy atom. The summed E-state index contributed by atoms with van der Waals surface area (Å²) in [6.07, 6.45) is 0. The zero-order valence-electron chi connectivity index (χ0n) is 8.70. The van der Waals surface area contributed by atoms with Gasteiger partial charge >= 0.3 is 0 Å². The minimum absolute atomic E-state index is 0. The van der Waals surface area contributed by atoms with E-state index in [1.165, 1.54) is 5.56 Å². The molecule has 1 aliphatic rings. The lowest BCUT2D eigenvalue weighted by Gasteiger charge is -2.33. The molecule has 2 heterocycles. The molecule has 1 atom stereocenters. The molecule has 86 valence electrons. The number of thiophene rings is 1. The molecule has 0 radical (unpaired) electrons. The third-order valence-corrected chi connectivity index (χ3v) is 3.96. The number of nitrogens with one attached hydrogen (secondary N) is 1. The van der Waals surface area contributed by atoms with Crippen molar-refractivity contribution in [3.63, 3.8) is 0 Å². The fourth-order valence-electron chi connectivity index (χ4n) is 1.77. The van der Waals surface area contributed by atoms with Crippen molar-refractivity contribution in [3.05, 3.63) is 21.3 Å². The van der Waals surface area contributed by atoms with Crippen LogP contribution in [0.1, 0.15) is 12.5 Å². The van der Waals surface area contributed by atoms with Crippen molar-refractivity contribution in [1.29, 1.82) is 0 Å². The van der Waals surface area contributed by atoms with Crippen molar-refractivity contribution in [2.45, 2.75) is 19.5 Å². The molecule has 0 bridgehead atoms. The molecule has 0 saturated carbocycles. The first-order chi connectivity index (χ1) is 6.77. The molecule has 0 amide bonds. The van der Waals surface area contributed by atoms with Crippen LogP contribution in [0.25, 0.3) is 0 Å². The average molecular weight is 267 g/mol. The van der Waals surface area contributed by atoms with Gasteiger partial charge in [-0.25, -0.2) is 0 Å². The van der Waals surface area contributed by atoms with Gasteiger partial charge in [0.15, 0.2) is 0 Å². The van der Waals surface area contributed by atoms with E-state index in [-0.39, 0.29) is 12.4 Å². The van der Waals surface area contributed by atoms with E-state index in [0.717, 1.165) is 30.5 Å². The van der Waals surface area contributed by atoms with Gasteiger partial charge in [0.1, 0.15) is 0 Å². The fraction of sp³-hybridized carbons (Fsp3) is 0.600. The normalized spacial score (nSPS) is 22.4. The van der Waals surface area contributed by atoms with Crippen molar-refractivity contribution < 1.29 is 0 Å². The van der Waals surface area contributed by atoms with Gasteiger partial charge in [0, 0.05) is 32.2 Å². The molecule has 5 heteroatoms. The first-order valence-electron chi connectivity index (χ1n) is 4.94. The maximum atomic E-state index is 6.08. The van der Waals surface area contributed by atoms with Crippen LogP contribution in [0.4, 0.5) is 0 Å². The molecule has 2 rings (SSSR count). The molecule has 15 heavy (non-hydrogen) atoms. The first-order valence-corrected chi connectivity index (χ1v) is 6.20. The molecule has 1 N–H and O–H groups in total. The number of halogens is 2. The van der Waals surface area contributed by atoms with Gasteiger partial charge in [-0.05, 0) is 23.9 Å². The van der Waals surface area contributed by atoms with E-state index in [1.54, 1.807) is 11.3 Å². The molecule has 1 aromatic heterocycles. The van der Waals surface area contributed by atoms with Crippen molar-refractivity contribution in [2.24, 2.45) is 0 Å². The standard InChI is InChI=1S/C10H15ClN2S.ClH/c1-8-6-12-3-4-13(8)7-9-2-5-14-10(9)11;/h2,5,8,12H,3-4,6-7H2,1H3;1H. The van der Waals surface area contributed by atoms with Crippen LogP contribution < -0.4 is 5.32 Å². The minimum Gasteiger partial charge on any atom is -0.314 e. The summed E-state index contributed by atoms with van der Waals surface area (Å²) in [6, 6.07) is 2.74. The van der Waals surface area contributed by atoms with E-state index in [1.807, 2.05) is 0 Å². The monoisotopic (exact) mass is 266 g/mol. The Morgan fingerprint density at radius 3 is 3.07 bits per heavy atom. The quantitative estimate of drug-likeness (QED) is 0.886. The largest absolute Gasteiger partial charge is 0.314 e. The van der Waals surface area contributed by atoms with Crippen molar-refractivity contribution in [1.82, 2.24) is 10.2 Å². The smallest absolute Gasteiger partial charge is 0.0973 e. The van der Waals surface area contributed by atoms with E-state index in [2.05, 4.69) is 28.6 Å². The van der Waals surface area contributed by atoms with Crippen LogP contribution in [0, 0.1) is 0 Å². The first kappa shape index (κ1) is 13.3. The summed E-state index contributed by atoms with van der Waals surface area (Å²) in [5, 5.41) is 5.45. The lowest BCUT2D eigenvalue weighted by molar-refractivity contribution is 0.166. The summed E-state index contributed by atoms with van der Waals surface area (Å²) in [7, 11) is 0. The molecule has 0 aliphatic carbocycles. The molecule has 1 fully saturated rings. The van der Waals surface area contributed by atoms with Gasteiger partial charge in [-0.1, -0.05) is 11.6 Å². The molecule has 1 unspecified atom stereocenters. The Bertz CT molecular complexity index is 303. The number of piperazine rings is 1. The Hall–Kier alpha value is 0.200. The zero-order valence-corrected chi connectivity index (χ0v) is 11.1. The summed E-state index contributed by atoms with van der Waals surface area (Å²) >= 11 is 7.70. The van der Waals surface area contributed by atoms with Gasteiger partial charge in [0.2, 0.25) is 0 Å². The molecule has 1 aromatic rings. The Balaban J connectivity index is 0.00000112. The summed E-state index contributed by atoms with van der Waals surface area (Å²) in [5.74, 6) is 0. The lowest BCUT2D eigenvalue weighted by atomic mass is 10.2. The summed E-state index contributed by atoms with van der Waals surface area (Å²) in [6.45, 7) is 6.54. The van der Waals surface area contributed by atoms with Crippen LogP contribution in [0.5, 0.6) is 0 Å². The molecule has 0 aromatic carbocycles. The topological polar surface area (TPSA) is 15.3 Å². The molecule has 1 aliphatic heterocycles. The van der Waals surface area contributed by atoms with Gasteiger partial charge in [-0.2, -0.15) is 0 Å². The van der Waals surface area contributed by atoms with Gasteiger partial charge in [-0.15, -0.1) is 23.7 Å². The highest BCUT2D eigenvalue weighted by molar-refractivity contribution is 7.14. The molecular formula is C10H16Cl2N2S. The van der Waals surface area contributed by atoms with E-state index < -0.39 is 0 Å². The van der Waals surface area contributed by atoms with Crippen molar-refractivity contribution in [3.8, 4) is 0 Å². The van der Waals surface area contributed by atoms with Gasteiger partial charge in [-0.3, -0.25) is 4.90 Å². The third-order valence-electron chi connectivity index (χ3n) is 2.71. The predicted molar refractivity (Wildman–Crippen MR) is 69.3 cm³/mol. The van der Waals surface area contributed by atoms with E-state index in [0.29, 0.717) is 6.04 Å². The third kappa shape index (κ3) is 3.33. The molecule has 1 saturated heterocycles. The second kappa shape index (κ2) is 6.06. The predicted octanol–water partition coefficient (Wildman–Crippen LogP) is 2.62. The van der Waals surface area contributed by atoms with Crippen molar-refractivity contribution in [2.75, 3.05) is 19.6 Å². The van der Waals surface area contributed by atoms with Gasteiger partial charge < -0.3 is 5.32 Å². The maximum absolute atomic E-state index is 6.08. The van der Waals surface area contributed by atoms with Crippen LogP contribution in [0.3, 0.4) is 0 Å². The Labute approximate surface area is 106 Å². The summed E-state index contributed by atoms with van der Waals surface area (Å²) < 4.78 is 0.940. The maximum Gasteiger partial charge on any atom is 0.0973 e. The van der Waals surface area contributed by atoms with Crippen LogP contribution in [0.15, 0.2) is 11.4 Å². The van der Waals surface area contributed by atoms with E-state index in [4.69, 9.17) is 11.6 Å². The summed E-state index contributed by atoms with van der Waals surface area (Å²) in [4.78, 5) is 2.48. The highest BCUT2D eigenvalue weighted by Crippen LogP contribution is 2.24. The van der Waals surface area contributed by atoms with E-state index in [9.17, 15) is 0 Å². The summed E-state index contributed by atoms with van der Waals surface area (Å²) in [5.41, 5.74) is 1.27. The van der Waals surface area contributed by atoms with Gasteiger partial charge in [0.05, 0.1) is 4.34 Å². The molecule has 0 spiro atoms. The van der Waals surface area contributed by atoms with Crippen LogP contribution in [-0.4, -0.2) is 30.6 Å². The van der Waals surface area contributed by atoms with E-state index >= 15 is 0 Å². The number of rotatable bonds is 2. The SMILES string of the molecule is CC1CNCCN1Cc1ccsc1Cl.Cl. The van der Waals surface area contributed by atoms with Crippen molar-refractivity contribution >= 4 is 35.3 Å². The Kier molecular flexibility index (Phi) is 5.36. The second-order valence-corrected chi connectivity index (χ2v) is 5.26. The van der Waals surface area contributed by atoms with Crippen LogP contribution >= 0.6 is 35.3 Å². The minimum atomic E-state index is 0. The second-order valence-electron chi connectivity index (χ2n) is 3.74. The van der Waals surface area contributed by atoms with Crippen LogP contribution in [-0.2, 0) is 6.54 Å². The van der Waals surface area contributed by atoms with Gasteiger partial charge in [0.25, 0.3) is 0 Å². The molecular weight excluding hydrogens is 251 g/mol. The molecule has 2 nitrogen and oxygen atoms in total. The highest BCUT2D eigenvalue weighted by Gasteiger charge is 2.18. The number of hydrogen-bond donors (Lipinski definition) is 1. The lowest BCUT2D eigenvalue weighted by Crippen LogP contribution is -2.49. The Morgan fingerprint density at radius 1 is 1.67 bits per heavy atom. The fourth-order valence-corrected chi connectivity index (χ4v) is 2.68.